The third kappa shape index (κ3) is 5.15. The molecule has 4 aromatic rings. The SMILES string of the molecule is Cc1ccc2oc(C(N)=O)c(NC(=O)c3ccc(CC4CCN(Cc5ccccc5)CC4)o3)c2c1. The lowest BCUT2D eigenvalue weighted by Gasteiger charge is -2.31. The molecule has 0 atom stereocenters. The van der Waals surface area contributed by atoms with E-state index < -0.39 is 11.8 Å². The van der Waals surface area contributed by atoms with Crippen molar-refractivity contribution >= 4 is 28.5 Å². The van der Waals surface area contributed by atoms with Crippen molar-refractivity contribution in [3.8, 4) is 0 Å². The van der Waals surface area contributed by atoms with E-state index in [1.807, 2.05) is 31.2 Å². The predicted molar refractivity (Wildman–Crippen MR) is 134 cm³/mol. The third-order valence-electron chi connectivity index (χ3n) is 6.64. The van der Waals surface area contributed by atoms with Crippen molar-refractivity contribution in [1.29, 1.82) is 0 Å². The zero-order valence-electron chi connectivity index (χ0n) is 19.8. The fourth-order valence-corrected chi connectivity index (χ4v) is 4.77. The predicted octanol–water partition coefficient (Wildman–Crippen LogP) is 5.14. The van der Waals surface area contributed by atoms with Gasteiger partial charge >= 0.3 is 0 Å². The van der Waals surface area contributed by atoms with E-state index in [2.05, 4.69) is 34.5 Å². The number of nitrogens with two attached hydrogens (primary N) is 1. The number of carbonyl (C=O) groups excluding carboxylic acids is 2. The molecular formula is C28H29N3O4. The Morgan fingerprint density at radius 2 is 1.80 bits per heavy atom. The van der Waals surface area contributed by atoms with Crippen molar-refractivity contribution in [2.45, 2.75) is 32.7 Å². The zero-order chi connectivity index (χ0) is 24.4. The third-order valence-corrected chi connectivity index (χ3v) is 6.64. The van der Waals surface area contributed by atoms with Gasteiger partial charge in [-0.25, -0.2) is 0 Å². The highest BCUT2D eigenvalue weighted by molar-refractivity contribution is 6.13. The number of nitrogens with zero attached hydrogens (tertiary/aromatic N) is 1. The summed E-state index contributed by atoms with van der Waals surface area (Å²) in [5, 5.41) is 3.40. The van der Waals surface area contributed by atoms with Gasteiger partial charge in [-0.15, -0.1) is 0 Å². The number of rotatable bonds is 7. The van der Waals surface area contributed by atoms with E-state index in [0.29, 0.717) is 16.9 Å². The van der Waals surface area contributed by atoms with Crippen molar-refractivity contribution in [2.24, 2.45) is 11.7 Å². The minimum Gasteiger partial charge on any atom is -0.456 e. The van der Waals surface area contributed by atoms with Crippen LogP contribution in [0.4, 0.5) is 5.69 Å². The maximum atomic E-state index is 12.9. The molecule has 0 radical (unpaired) electrons. The van der Waals surface area contributed by atoms with Crippen LogP contribution in [0.15, 0.2) is 69.5 Å². The van der Waals surface area contributed by atoms with Crippen molar-refractivity contribution in [1.82, 2.24) is 4.90 Å². The van der Waals surface area contributed by atoms with Gasteiger partial charge in [0.05, 0.1) is 0 Å². The molecule has 5 rings (SSSR count). The van der Waals surface area contributed by atoms with Crippen molar-refractivity contribution in [3.63, 3.8) is 0 Å². The van der Waals surface area contributed by atoms with Gasteiger partial charge < -0.3 is 19.9 Å². The van der Waals surface area contributed by atoms with Gasteiger partial charge in [0.2, 0.25) is 5.76 Å². The van der Waals surface area contributed by atoms with Crippen molar-refractivity contribution < 1.29 is 18.4 Å². The number of hydrogen-bond acceptors (Lipinski definition) is 5. The fraction of sp³-hybridized carbons (Fsp3) is 0.286. The maximum Gasteiger partial charge on any atom is 0.291 e. The summed E-state index contributed by atoms with van der Waals surface area (Å²) >= 11 is 0. The zero-order valence-corrected chi connectivity index (χ0v) is 19.8. The number of furan rings is 2. The first-order valence-electron chi connectivity index (χ1n) is 12.0. The largest absolute Gasteiger partial charge is 0.456 e. The van der Waals surface area contributed by atoms with Gasteiger partial charge in [-0.2, -0.15) is 0 Å². The molecule has 35 heavy (non-hydrogen) atoms. The van der Waals surface area contributed by atoms with Gasteiger partial charge in [0.25, 0.3) is 11.8 Å². The van der Waals surface area contributed by atoms with Crippen LogP contribution >= 0.6 is 0 Å². The van der Waals surface area contributed by atoms with Crippen LogP contribution in [0.3, 0.4) is 0 Å². The highest BCUT2D eigenvalue weighted by Gasteiger charge is 2.24. The van der Waals surface area contributed by atoms with Gasteiger partial charge in [0.15, 0.2) is 5.76 Å². The van der Waals surface area contributed by atoms with Crippen molar-refractivity contribution in [2.75, 3.05) is 18.4 Å². The normalized spacial score (nSPS) is 14.9. The van der Waals surface area contributed by atoms with Crippen LogP contribution in [0.5, 0.6) is 0 Å². The van der Waals surface area contributed by atoms with Gasteiger partial charge in [0.1, 0.15) is 17.0 Å². The van der Waals surface area contributed by atoms with Crippen LogP contribution in [0.2, 0.25) is 0 Å². The van der Waals surface area contributed by atoms with E-state index in [1.165, 1.54) is 5.56 Å². The number of nitrogens with one attached hydrogen (secondary N) is 1. The molecule has 3 heterocycles. The second kappa shape index (κ2) is 9.80. The molecule has 180 valence electrons. The standard InChI is InChI=1S/C28H29N3O4/c1-18-7-9-23-22(15-18)25(26(35-23)27(29)32)30-28(33)24-10-8-21(34-24)16-19-11-13-31(14-12-19)17-20-5-3-2-4-6-20/h2-10,15,19H,11-14,16-17H2,1H3,(H2,29,32)(H,30,33). The Morgan fingerprint density at radius 1 is 1.03 bits per heavy atom. The topological polar surface area (TPSA) is 102 Å². The summed E-state index contributed by atoms with van der Waals surface area (Å²) < 4.78 is 11.5. The number of anilines is 1. The molecule has 0 unspecified atom stereocenters. The van der Waals surface area contributed by atoms with Crippen LogP contribution in [0, 0.1) is 12.8 Å². The minimum absolute atomic E-state index is 0.0759. The summed E-state index contributed by atoms with van der Waals surface area (Å²) in [6.07, 6.45) is 2.99. The number of piperidine rings is 1. The molecule has 1 fully saturated rings. The Morgan fingerprint density at radius 3 is 2.54 bits per heavy atom. The average molecular weight is 472 g/mol. The number of likely N-dealkylation sites (tertiary alicyclic amines) is 1. The lowest BCUT2D eigenvalue weighted by molar-refractivity contribution is 0.0977. The second-order valence-electron chi connectivity index (χ2n) is 9.30. The van der Waals surface area contributed by atoms with Gasteiger partial charge in [0, 0.05) is 18.4 Å². The maximum absolute atomic E-state index is 12.9. The Hall–Kier alpha value is -3.84. The number of carbonyl (C=O) groups is 2. The van der Waals surface area contributed by atoms with E-state index in [1.54, 1.807) is 12.1 Å². The molecule has 1 aliphatic heterocycles. The molecular weight excluding hydrogens is 442 g/mol. The Kier molecular flexibility index (Phi) is 6.42. The second-order valence-corrected chi connectivity index (χ2v) is 9.30. The van der Waals surface area contributed by atoms with E-state index in [9.17, 15) is 9.59 Å². The van der Waals surface area contributed by atoms with Crippen molar-refractivity contribution in [3.05, 3.63) is 89.1 Å². The van der Waals surface area contributed by atoms with E-state index >= 15 is 0 Å². The number of primary amides is 1. The lowest BCUT2D eigenvalue weighted by Crippen LogP contribution is -2.33. The van der Waals surface area contributed by atoms with Gasteiger partial charge in [-0.3, -0.25) is 14.5 Å². The molecule has 2 aromatic carbocycles. The molecule has 3 N–H and O–H groups in total. The summed E-state index contributed by atoms with van der Waals surface area (Å²) in [5.74, 6) is 0.242. The Bertz CT molecular complexity index is 1350. The molecule has 0 bridgehead atoms. The number of benzene rings is 2. The molecule has 0 spiro atoms. The highest BCUT2D eigenvalue weighted by Crippen LogP contribution is 2.32. The molecule has 1 aliphatic rings. The van der Waals surface area contributed by atoms with E-state index in [-0.39, 0.29) is 17.2 Å². The highest BCUT2D eigenvalue weighted by atomic mass is 16.4. The number of aryl methyl sites for hydroxylation is 1. The molecule has 0 saturated carbocycles. The summed E-state index contributed by atoms with van der Waals surface area (Å²) in [7, 11) is 0. The Balaban J connectivity index is 1.21. The number of amides is 2. The molecule has 2 amide bonds. The summed E-state index contributed by atoms with van der Waals surface area (Å²) in [6.45, 7) is 5.01. The summed E-state index contributed by atoms with van der Waals surface area (Å²) in [6, 6.07) is 19.5. The molecule has 0 aliphatic carbocycles. The average Bonchev–Trinajstić information content (AvgIpc) is 3.46. The lowest BCUT2D eigenvalue weighted by atomic mass is 9.92. The van der Waals surface area contributed by atoms with Gasteiger partial charge in [-0.1, -0.05) is 42.0 Å². The summed E-state index contributed by atoms with van der Waals surface area (Å²) in [4.78, 5) is 27.3. The minimum atomic E-state index is -0.743. The van der Waals surface area contributed by atoms with Gasteiger partial charge in [-0.05, 0) is 68.6 Å². The first-order chi connectivity index (χ1) is 17.0. The Labute approximate surface area is 203 Å². The smallest absolute Gasteiger partial charge is 0.291 e. The molecule has 1 saturated heterocycles. The monoisotopic (exact) mass is 471 g/mol. The fourth-order valence-electron chi connectivity index (χ4n) is 4.77. The van der Waals surface area contributed by atoms with Crippen LogP contribution in [-0.2, 0) is 13.0 Å². The summed E-state index contributed by atoms with van der Waals surface area (Å²) in [5.41, 5.74) is 8.55. The van der Waals surface area contributed by atoms with Crippen LogP contribution in [0.1, 0.15) is 50.8 Å². The van der Waals surface area contributed by atoms with E-state index in [0.717, 1.165) is 50.2 Å². The number of hydrogen-bond donors (Lipinski definition) is 2. The van der Waals surface area contributed by atoms with E-state index in [4.69, 9.17) is 14.6 Å². The number of fused-ring (bicyclic) bond motifs is 1. The first kappa shape index (κ1) is 22.9. The van der Waals surface area contributed by atoms with Crippen LogP contribution in [0.25, 0.3) is 11.0 Å². The molecule has 2 aromatic heterocycles. The first-order valence-corrected chi connectivity index (χ1v) is 12.0. The van der Waals surface area contributed by atoms with Crippen LogP contribution in [-0.4, -0.2) is 29.8 Å². The molecule has 7 nitrogen and oxygen atoms in total. The molecule has 7 heteroatoms. The van der Waals surface area contributed by atoms with Crippen LogP contribution < -0.4 is 11.1 Å². The quantitative estimate of drug-likeness (QED) is 0.389.